The summed E-state index contributed by atoms with van der Waals surface area (Å²) in [7, 11) is 0. The van der Waals surface area contributed by atoms with Gasteiger partial charge in [0, 0.05) is 18.3 Å². The van der Waals surface area contributed by atoms with Crippen LogP contribution in [0.4, 0.5) is 19.3 Å². The van der Waals surface area contributed by atoms with E-state index < -0.39 is 12.6 Å². The molecule has 0 heterocycles. The third kappa shape index (κ3) is 6.40. The van der Waals surface area contributed by atoms with Gasteiger partial charge in [-0.2, -0.15) is 8.78 Å². The Morgan fingerprint density at radius 1 is 1.29 bits per heavy atom. The Bertz CT molecular complexity index is 438. The molecule has 3 N–H and O–H groups in total. The fourth-order valence-electron chi connectivity index (χ4n) is 1.77. The van der Waals surface area contributed by atoms with E-state index in [-0.39, 0.29) is 24.3 Å². The van der Waals surface area contributed by atoms with Crippen LogP contribution < -0.4 is 15.4 Å². The lowest BCUT2D eigenvalue weighted by Crippen LogP contribution is -2.41. The number of ether oxygens (including phenoxy) is 1. The van der Waals surface area contributed by atoms with Crippen LogP contribution in [0.2, 0.25) is 0 Å². The molecule has 0 radical (unpaired) electrons. The SMILES string of the molecule is CC(C)[C@@H](CCO)NC(=O)Nc1ccc(OC(F)F)cc1. The van der Waals surface area contributed by atoms with Crippen molar-refractivity contribution in [2.45, 2.75) is 32.9 Å². The third-order valence-corrected chi connectivity index (χ3v) is 2.90. The van der Waals surface area contributed by atoms with Gasteiger partial charge < -0.3 is 20.5 Å². The highest BCUT2D eigenvalue weighted by Crippen LogP contribution is 2.17. The number of carbonyl (C=O) groups is 1. The van der Waals surface area contributed by atoms with Crippen LogP contribution in [0.3, 0.4) is 0 Å². The van der Waals surface area contributed by atoms with Crippen molar-refractivity contribution >= 4 is 11.7 Å². The molecule has 1 rings (SSSR count). The van der Waals surface area contributed by atoms with Crippen molar-refractivity contribution in [3.05, 3.63) is 24.3 Å². The summed E-state index contributed by atoms with van der Waals surface area (Å²) in [6, 6.07) is 5.06. The van der Waals surface area contributed by atoms with Crippen molar-refractivity contribution in [1.82, 2.24) is 5.32 Å². The normalized spacial score (nSPS) is 12.3. The number of hydrogen-bond donors (Lipinski definition) is 3. The van der Waals surface area contributed by atoms with Crippen LogP contribution in [0.15, 0.2) is 24.3 Å². The predicted octanol–water partition coefficient (Wildman–Crippen LogP) is 2.82. The Kier molecular flexibility index (Phi) is 6.87. The monoisotopic (exact) mass is 302 g/mol. The minimum Gasteiger partial charge on any atom is -0.435 e. The molecular weight excluding hydrogens is 282 g/mol. The van der Waals surface area contributed by atoms with Crippen molar-refractivity contribution in [3.8, 4) is 5.75 Å². The Hall–Kier alpha value is -1.89. The summed E-state index contributed by atoms with van der Waals surface area (Å²) in [6.45, 7) is 0.995. The number of rotatable bonds is 7. The molecule has 5 nitrogen and oxygen atoms in total. The number of anilines is 1. The summed E-state index contributed by atoms with van der Waals surface area (Å²) in [4.78, 5) is 11.8. The summed E-state index contributed by atoms with van der Waals surface area (Å²) in [5, 5.41) is 14.3. The van der Waals surface area contributed by atoms with Crippen molar-refractivity contribution in [2.75, 3.05) is 11.9 Å². The first-order valence-electron chi connectivity index (χ1n) is 6.65. The van der Waals surface area contributed by atoms with Gasteiger partial charge in [0.25, 0.3) is 0 Å². The molecule has 118 valence electrons. The second kappa shape index (κ2) is 8.41. The van der Waals surface area contributed by atoms with E-state index in [0.717, 1.165) is 0 Å². The number of carbonyl (C=O) groups excluding carboxylic acids is 1. The van der Waals surface area contributed by atoms with Gasteiger partial charge in [-0.25, -0.2) is 4.79 Å². The lowest BCUT2D eigenvalue weighted by molar-refractivity contribution is -0.0498. The number of halogens is 2. The van der Waals surface area contributed by atoms with Gasteiger partial charge in [0.05, 0.1) is 0 Å². The largest absolute Gasteiger partial charge is 0.435 e. The van der Waals surface area contributed by atoms with Crippen LogP contribution in [0.25, 0.3) is 0 Å². The minimum absolute atomic E-state index is 0.0111. The number of hydrogen-bond acceptors (Lipinski definition) is 3. The Morgan fingerprint density at radius 2 is 1.90 bits per heavy atom. The predicted molar refractivity (Wildman–Crippen MR) is 75.6 cm³/mol. The molecule has 1 atom stereocenters. The van der Waals surface area contributed by atoms with Gasteiger partial charge in [-0.15, -0.1) is 0 Å². The van der Waals surface area contributed by atoms with E-state index in [1.165, 1.54) is 24.3 Å². The number of aliphatic hydroxyl groups is 1. The maximum atomic E-state index is 12.0. The zero-order valence-corrected chi connectivity index (χ0v) is 12.0. The van der Waals surface area contributed by atoms with Crippen LogP contribution in [-0.2, 0) is 0 Å². The fraction of sp³-hybridized carbons (Fsp3) is 0.500. The first kappa shape index (κ1) is 17.2. The van der Waals surface area contributed by atoms with E-state index >= 15 is 0 Å². The second-order valence-corrected chi connectivity index (χ2v) is 4.86. The van der Waals surface area contributed by atoms with Crippen molar-refractivity contribution in [2.24, 2.45) is 5.92 Å². The van der Waals surface area contributed by atoms with Crippen LogP contribution in [0, 0.1) is 5.92 Å². The molecule has 2 amide bonds. The molecule has 0 saturated carbocycles. The number of alkyl halides is 2. The molecule has 0 unspecified atom stereocenters. The van der Waals surface area contributed by atoms with E-state index in [2.05, 4.69) is 15.4 Å². The molecule has 0 spiro atoms. The average Bonchev–Trinajstić information content (AvgIpc) is 2.40. The van der Waals surface area contributed by atoms with Gasteiger partial charge in [-0.3, -0.25) is 0 Å². The first-order valence-corrected chi connectivity index (χ1v) is 6.65. The summed E-state index contributed by atoms with van der Waals surface area (Å²) in [5.74, 6) is 0.209. The molecule has 0 fully saturated rings. The molecule has 0 aliphatic carbocycles. The van der Waals surface area contributed by atoms with E-state index in [1.54, 1.807) is 0 Å². The molecule has 1 aromatic carbocycles. The van der Waals surface area contributed by atoms with Crippen molar-refractivity contribution in [3.63, 3.8) is 0 Å². The number of aliphatic hydroxyl groups excluding tert-OH is 1. The molecular formula is C14H20F2N2O3. The van der Waals surface area contributed by atoms with Crippen molar-refractivity contribution in [1.29, 1.82) is 0 Å². The van der Waals surface area contributed by atoms with E-state index in [4.69, 9.17) is 5.11 Å². The van der Waals surface area contributed by atoms with Gasteiger partial charge in [0.2, 0.25) is 0 Å². The molecule has 0 saturated heterocycles. The van der Waals surface area contributed by atoms with Gasteiger partial charge in [-0.1, -0.05) is 13.8 Å². The summed E-state index contributed by atoms with van der Waals surface area (Å²) < 4.78 is 28.2. The quantitative estimate of drug-likeness (QED) is 0.725. The van der Waals surface area contributed by atoms with Gasteiger partial charge in [0.1, 0.15) is 5.75 Å². The maximum Gasteiger partial charge on any atom is 0.387 e. The molecule has 0 bridgehead atoms. The average molecular weight is 302 g/mol. The Morgan fingerprint density at radius 3 is 2.38 bits per heavy atom. The molecule has 0 aliphatic heterocycles. The highest BCUT2D eigenvalue weighted by Gasteiger charge is 2.15. The molecule has 0 aromatic heterocycles. The third-order valence-electron chi connectivity index (χ3n) is 2.90. The molecule has 1 aromatic rings. The lowest BCUT2D eigenvalue weighted by Gasteiger charge is -2.21. The molecule has 0 aliphatic rings. The van der Waals surface area contributed by atoms with Crippen molar-refractivity contribution < 1.29 is 23.4 Å². The zero-order chi connectivity index (χ0) is 15.8. The Balaban J connectivity index is 2.54. The van der Waals surface area contributed by atoms with E-state index in [0.29, 0.717) is 12.1 Å². The second-order valence-electron chi connectivity index (χ2n) is 4.86. The van der Waals surface area contributed by atoms with Crippen LogP contribution in [0.5, 0.6) is 5.75 Å². The minimum atomic E-state index is -2.88. The first-order chi connectivity index (χ1) is 9.92. The number of nitrogens with one attached hydrogen (secondary N) is 2. The summed E-state index contributed by atoms with van der Waals surface area (Å²) in [6.07, 6.45) is 0.465. The van der Waals surface area contributed by atoms with Gasteiger partial charge >= 0.3 is 12.6 Å². The number of urea groups is 1. The topological polar surface area (TPSA) is 70.6 Å². The summed E-state index contributed by atoms with van der Waals surface area (Å²) >= 11 is 0. The standard InChI is InChI=1S/C14H20F2N2O3/c1-9(2)12(7-8-19)18-14(20)17-10-3-5-11(6-4-10)21-13(15)16/h3-6,9,12-13,19H,7-8H2,1-2H3,(H2,17,18,20)/t12-/m1/s1. The highest BCUT2D eigenvalue weighted by atomic mass is 19.3. The smallest absolute Gasteiger partial charge is 0.387 e. The van der Waals surface area contributed by atoms with Crippen LogP contribution >= 0.6 is 0 Å². The van der Waals surface area contributed by atoms with Gasteiger partial charge in [0.15, 0.2) is 0 Å². The lowest BCUT2D eigenvalue weighted by atomic mass is 10.0. The maximum absolute atomic E-state index is 12.0. The molecule has 7 heteroatoms. The van der Waals surface area contributed by atoms with E-state index in [1.807, 2.05) is 13.8 Å². The highest BCUT2D eigenvalue weighted by molar-refractivity contribution is 5.89. The Labute approximate surface area is 122 Å². The zero-order valence-electron chi connectivity index (χ0n) is 12.0. The number of amides is 2. The summed E-state index contributed by atoms with van der Waals surface area (Å²) in [5.41, 5.74) is 0.459. The number of benzene rings is 1. The van der Waals surface area contributed by atoms with Crippen LogP contribution in [-0.4, -0.2) is 30.4 Å². The molecule has 21 heavy (non-hydrogen) atoms. The van der Waals surface area contributed by atoms with E-state index in [9.17, 15) is 13.6 Å². The van der Waals surface area contributed by atoms with Gasteiger partial charge in [-0.05, 0) is 36.6 Å². The fourth-order valence-corrected chi connectivity index (χ4v) is 1.77. The van der Waals surface area contributed by atoms with Crippen LogP contribution in [0.1, 0.15) is 20.3 Å².